The van der Waals surface area contributed by atoms with Crippen molar-refractivity contribution < 1.29 is 4.79 Å². The van der Waals surface area contributed by atoms with Crippen LogP contribution in [-0.4, -0.2) is 72.0 Å². The highest BCUT2D eigenvalue weighted by atomic mass is 16.1. The number of primary amides is 1. The number of anilines is 1. The molecule has 1 saturated carbocycles. The molecule has 0 unspecified atom stereocenters. The van der Waals surface area contributed by atoms with Gasteiger partial charge in [0.1, 0.15) is 18.0 Å². The summed E-state index contributed by atoms with van der Waals surface area (Å²) in [7, 11) is 1.96. The minimum atomic E-state index is -0.273. The van der Waals surface area contributed by atoms with E-state index in [0.29, 0.717) is 12.5 Å². The van der Waals surface area contributed by atoms with Crippen molar-refractivity contribution in [3.8, 4) is 11.4 Å². The van der Waals surface area contributed by atoms with Crippen molar-refractivity contribution >= 4 is 22.9 Å². The zero-order chi connectivity index (χ0) is 21.7. The van der Waals surface area contributed by atoms with Crippen molar-refractivity contribution in [3.63, 3.8) is 0 Å². The number of likely N-dealkylation sites (N-methyl/N-ethyl adjacent to an activating group) is 1. The normalized spacial score (nSPS) is 21.6. The summed E-state index contributed by atoms with van der Waals surface area (Å²) in [5.41, 5.74) is 8.06. The van der Waals surface area contributed by atoms with Gasteiger partial charge in [-0.3, -0.25) is 9.69 Å². The predicted molar refractivity (Wildman–Crippen MR) is 116 cm³/mol. The number of carbonyl (C=O) groups excluding carboxylic acids is 1. The largest absolute Gasteiger partial charge is 0.368 e. The van der Waals surface area contributed by atoms with Crippen molar-refractivity contribution in [2.75, 3.05) is 18.5 Å². The van der Waals surface area contributed by atoms with Crippen LogP contribution in [0.5, 0.6) is 0 Å². The first-order valence-corrected chi connectivity index (χ1v) is 10.8. The van der Waals surface area contributed by atoms with Crippen molar-refractivity contribution in [1.29, 1.82) is 0 Å². The molecule has 0 spiro atoms. The Bertz CT molecular complexity index is 1120. The van der Waals surface area contributed by atoms with E-state index in [1.165, 1.54) is 0 Å². The molecule has 3 aromatic heterocycles. The van der Waals surface area contributed by atoms with E-state index >= 15 is 0 Å². The van der Waals surface area contributed by atoms with Crippen LogP contribution in [0.2, 0.25) is 0 Å². The number of fused-ring (bicyclic) bond motifs is 1. The van der Waals surface area contributed by atoms with E-state index < -0.39 is 0 Å². The van der Waals surface area contributed by atoms with Gasteiger partial charge in [-0.15, -0.1) is 0 Å². The minimum Gasteiger partial charge on any atom is -0.368 e. The molecular weight excluding hydrogens is 394 g/mol. The second-order valence-corrected chi connectivity index (χ2v) is 8.45. The van der Waals surface area contributed by atoms with E-state index in [9.17, 15) is 4.79 Å². The number of imidazole rings is 1. The Hall–Kier alpha value is -3.14. The van der Waals surface area contributed by atoms with Crippen LogP contribution < -0.4 is 10.6 Å². The van der Waals surface area contributed by atoms with Crippen LogP contribution in [0.3, 0.4) is 0 Å². The fraction of sp³-hybridized carbons (Fsp3) is 0.524. The number of aryl methyl sites for hydroxylation is 2. The Morgan fingerprint density at radius 3 is 2.55 bits per heavy atom. The van der Waals surface area contributed by atoms with Crippen molar-refractivity contribution in [1.82, 2.24) is 34.4 Å². The number of nitrogens with two attached hydrogens (primary N) is 1. The van der Waals surface area contributed by atoms with Crippen molar-refractivity contribution in [2.45, 2.75) is 57.8 Å². The first-order chi connectivity index (χ1) is 15.0. The lowest BCUT2D eigenvalue weighted by Gasteiger charge is -2.30. The van der Waals surface area contributed by atoms with Gasteiger partial charge in [-0.05, 0) is 40.2 Å². The van der Waals surface area contributed by atoms with Crippen LogP contribution in [0.1, 0.15) is 32.0 Å². The minimum absolute atomic E-state index is 0.158. The number of rotatable bonds is 6. The molecule has 31 heavy (non-hydrogen) atoms. The quantitative estimate of drug-likeness (QED) is 0.629. The number of hydrogen-bond acceptors (Lipinski definition) is 8. The molecule has 5 rings (SSSR count). The lowest BCUT2D eigenvalue weighted by molar-refractivity contribution is -0.121. The van der Waals surface area contributed by atoms with Crippen LogP contribution in [0.15, 0.2) is 18.7 Å². The zero-order valence-corrected chi connectivity index (χ0v) is 18.1. The smallest absolute Gasteiger partial charge is 0.234 e. The third kappa shape index (κ3) is 3.40. The van der Waals surface area contributed by atoms with Gasteiger partial charge in [-0.1, -0.05) is 0 Å². The molecule has 4 heterocycles. The molecular formula is C21H27N9O. The molecule has 2 atom stereocenters. The summed E-state index contributed by atoms with van der Waals surface area (Å²) in [4.78, 5) is 39.2. The van der Waals surface area contributed by atoms with Crippen LogP contribution in [0.25, 0.3) is 22.6 Å². The van der Waals surface area contributed by atoms with Gasteiger partial charge < -0.3 is 15.2 Å². The summed E-state index contributed by atoms with van der Waals surface area (Å²) in [6.07, 6.45) is 8.12. The number of likely N-dealkylation sites (tertiary alicyclic amines) is 1. The monoisotopic (exact) mass is 421 g/mol. The second kappa shape index (κ2) is 7.52. The molecule has 2 fully saturated rings. The Morgan fingerprint density at radius 1 is 1.19 bits per heavy atom. The number of carbonyl (C=O) groups is 1. The molecule has 0 aromatic carbocycles. The summed E-state index contributed by atoms with van der Waals surface area (Å²) in [5, 5.41) is 0. The fourth-order valence-electron chi connectivity index (χ4n) is 4.65. The lowest BCUT2D eigenvalue weighted by Crippen LogP contribution is -2.39. The Labute approximate surface area is 180 Å². The molecule has 2 N–H and O–H groups in total. The van der Waals surface area contributed by atoms with Gasteiger partial charge in [-0.25, -0.2) is 24.9 Å². The molecule has 1 aliphatic heterocycles. The molecule has 1 aliphatic carbocycles. The van der Waals surface area contributed by atoms with Gasteiger partial charge >= 0.3 is 0 Å². The van der Waals surface area contributed by atoms with Gasteiger partial charge in [0.25, 0.3) is 0 Å². The van der Waals surface area contributed by atoms with Crippen LogP contribution in [0.4, 0.5) is 5.82 Å². The summed E-state index contributed by atoms with van der Waals surface area (Å²) in [5.74, 6) is 2.06. The Morgan fingerprint density at radius 2 is 1.94 bits per heavy atom. The molecule has 1 saturated heterocycles. The van der Waals surface area contributed by atoms with Crippen LogP contribution in [0, 0.1) is 6.92 Å². The molecule has 10 nitrogen and oxygen atoms in total. The predicted octanol–water partition coefficient (Wildman–Crippen LogP) is 1.14. The summed E-state index contributed by atoms with van der Waals surface area (Å²) in [6, 6.07) is 0.309. The fourth-order valence-corrected chi connectivity index (χ4v) is 4.65. The maximum Gasteiger partial charge on any atom is 0.234 e. The van der Waals surface area contributed by atoms with E-state index in [-0.39, 0.29) is 18.0 Å². The topological polar surface area (TPSA) is 119 Å². The lowest BCUT2D eigenvalue weighted by atomic mass is 10.1. The SMILES string of the molecule is CCn1c(-c2cnc(C)nc2)nc2c(N(C3CC3)[C@@H]3C[C@H](C(N)=O)N(C)C3)ncnc21. The zero-order valence-electron chi connectivity index (χ0n) is 18.1. The highest BCUT2D eigenvalue weighted by Gasteiger charge is 2.43. The summed E-state index contributed by atoms with van der Waals surface area (Å²) in [6.45, 7) is 5.42. The maximum absolute atomic E-state index is 11.9. The average molecular weight is 422 g/mol. The molecule has 0 bridgehead atoms. The first-order valence-electron chi connectivity index (χ1n) is 10.8. The molecule has 2 aliphatic rings. The molecule has 10 heteroatoms. The molecule has 162 valence electrons. The molecule has 0 radical (unpaired) electrons. The van der Waals surface area contributed by atoms with Gasteiger partial charge in [0.15, 0.2) is 17.0 Å². The molecule has 3 aromatic rings. The van der Waals surface area contributed by atoms with E-state index in [1.54, 1.807) is 18.7 Å². The van der Waals surface area contributed by atoms with Crippen molar-refractivity contribution in [3.05, 3.63) is 24.5 Å². The van der Waals surface area contributed by atoms with E-state index in [0.717, 1.165) is 60.1 Å². The number of nitrogens with zero attached hydrogens (tertiary/aromatic N) is 8. The number of amides is 1. The second-order valence-electron chi connectivity index (χ2n) is 8.45. The van der Waals surface area contributed by atoms with Gasteiger partial charge in [0, 0.05) is 37.6 Å². The first kappa shape index (κ1) is 19.8. The van der Waals surface area contributed by atoms with Crippen LogP contribution >= 0.6 is 0 Å². The third-order valence-corrected chi connectivity index (χ3v) is 6.30. The highest BCUT2D eigenvalue weighted by molar-refractivity contribution is 5.87. The summed E-state index contributed by atoms with van der Waals surface area (Å²) < 4.78 is 2.08. The van der Waals surface area contributed by atoms with E-state index in [2.05, 4.69) is 36.3 Å². The number of aromatic nitrogens is 6. The summed E-state index contributed by atoms with van der Waals surface area (Å²) >= 11 is 0. The molecule has 1 amide bonds. The highest BCUT2D eigenvalue weighted by Crippen LogP contribution is 2.39. The van der Waals surface area contributed by atoms with Crippen molar-refractivity contribution in [2.24, 2.45) is 5.73 Å². The standard InChI is InChI=1S/C21H27N9O/c1-4-29-19(13-8-23-12(2)24-9-13)27-17-20(29)25-11-26-21(17)30(14-5-6-14)15-7-16(18(22)31)28(3)10-15/h8-9,11,14-16H,4-7,10H2,1-3H3,(H2,22,31)/t15-,16-/m1/s1. The van der Waals surface area contributed by atoms with E-state index in [4.69, 9.17) is 10.7 Å². The Kier molecular flexibility index (Phi) is 4.81. The van der Waals surface area contributed by atoms with Gasteiger partial charge in [-0.2, -0.15) is 0 Å². The average Bonchev–Trinajstić information content (AvgIpc) is 3.39. The van der Waals surface area contributed by atoms with Gasteiger partial charge in [0.2, 0.25) is 5.91 Å². The number of hydrogen-bond donors (Lipinski definition) is 1. The third-order valence-electron chi connectivity index (χ3n) is 6.30. The maximum atomic E-state index is 11.9. The van der Waals surface area contributed by atoms with Gasteiger partial charge in [0.05, 0.1) is 11.6 Å². The van der Waals surface area contributed by atoms with E-state index in [1.807, 2.05) is 18.9 Å². The Balaban J connectivity index is 1.61. The van der Waals surface area contributed by atoms with Crippen LogP contribution in [-0.2, 0) is 11.3 Å².